The third-order valence-corrected chi connectivity index (χ3v) is 4.32. The number of unbranched alkanes of at least 4 members (excludes halogenated alkanes) is 1. The van der Waals surface area contributed by atoms with Crippen LogP contribution >= 0.6 is 23.2 Å². The molecular weight excluding hydrogens is 307 g/mol. The van der Waals surface area contributed by atoms with Crippen LogP contribution in [0.5, 0.6) is 0 Å². The van der Waals surface area contributed by atoms with Crippen LogP contribution < -0.4 is 0 Å². The summed E-state index contributed by atoms with van der Waals surface area (Å²) in [5, 5.41) is 1.07. The monoisotopic (exact) mass is 323 g/mol. The maximum Gasteiger partial charge on any atom is 0.0946 e. The molecule has 1 unspecified atom stereocenters. The van der Waals surface area contributed by atoms with Crippen LogP contribution in [0.4, 0.5) is 0 Å². The molecule has 0 amide bonds. The molecule has 0 heterocycles. The van der Waals surface area contributed by atoms with E-state index in [9.17, 15) is 13.0 Å². The molecule has 0 saturated carbocycles. The molecule has 0 aliphatic carbocycles. The Labute approximate surface area is 124 Å². The second-order valence-electron chi connectivity index (χ2n) is 4.56. The van der Waals surface area contributed by atoms with E-state index >= 15 is 0 Å². The Hall–Kier alpha value is -0.290. The third-order valence-electron chi connectivity index (χ3n) is 3.02. The minimum atomic E-state index is -4.19. The average Bonchev–Trinajstić information content (AvgIpc) is 2.29. The summed E-state index contributed by atoms with van der Waals surface area (Å²) in [5.74, 6) is -0.381. The third kappa shape index (κ3) is 6.13. The van der Waals surface area contributed by atoms with E-state index in [4.69, 9.17) is 23.2 Å². The first kappa shape index (κ1) is 16.8. The molecule has 0 N–H and O–H groups in total. The zero-order valence-electron chi connectivity index (χ0n) is 10.7. The van der Waals surface area contributed by atoms with Gasteiger partial charge in [0, 0.05) is 15.8 Å². The van der Waals surface area contributed by atoms with Crippen LogP contribution in [-0.2, 0) is 10.1 Å². The fraction of sp³-hybridized carbons (Fsp3) is 0.538. The highest BCUT2D eigenvalue weighted by Gasteiger charge is 2.16. The highest BCUT2D eigenvalue weighted by atomic mass is 35.5. The van der Waals surface area contributed by atoms with E-state index in [0.717, 1.165) is 24.8 Å². The fourth-order valence-corrected chi connectivity index (χ4v) is 3.16. The summed E-state index contributed by atoms with van der Waals surface area (Å²) < 4.78 is 32.3. The largest absolute Gasteiger partial charge is 0.748 e. The van der Waals surface area contributed by atoms with Crippen LogP contribution in [0.15, 0.2) is 18.2 Å². The Kier molecular flexibility index (Phi) is 6.60. The number of halogens is 2. The first-order chi connectivity index (χ1) is 8.83. The predicted molar refractivity (Wildman–Crippen MR) is 77.9 cm³/mol. The molecule has 0 fully saturated rings. The van der Waals surface area contributed by atoms with Crippen molar-refractivity contribution in [1.82, 2.24) is 0 Å². The van der Waals surface area contributed by atoms with Gasteiger partial charge in [-0.2, -0.15) is 0 Å². The predicted octanol–water partition coefficient (Wildman–Crippen LogP) is 4.20. The van der Waals surface area contributed by atoms with Gasteiger partial charge < -0.3 is 4.55 Å². The Bertz CT molecular complexity index is 515. The summed E-state index contributed by atoms with van der Waals surface area (Å²) in [5.41, 5.74) is 0.864. The van der Waals surface area contributed by atoms with Gasteiger partial charge in [0.2, 0.25) is 0 Å². The van der Waals surface area contributed by atoms with Crippen molar-refractivity contribution in [3.63, 3.8) is 0 Å². The summed E-state index contributed by atoms with van der Waals surface area (Å²) in [6.45, 7) is 2.06. The molecule has 3 nitrogen and oxygen atoms in total. The van der Waals surface area contributed by atoms with Gasteiger partial charge in [-0.15, -0.1) is 0 Å². The number of benzene rings is 1. The maximum absolute atomic E-state index is 10.8. The van der Waals surface area contributed by atoms with E-state index in [-0.39, 0.29) is 11.7 Å². The fourth-order valence-electron chi connectivity index (χ4n) is 2.03. The lowest BCUT2D eigenvalue weighted by Gasteiger charge is -2.19. The van der Waals surface area contributed by atoms with Gasteiger partial charge in [-0.25, -0.2) is 8.42 Å². The van der Waals surface area contributed by atoms with Gasteiger partial charge in [0.25, 0.3) is 0 Å². The van der Waals surface area contributed by atoms with Gasteiger partial charge in [-0.1, -0.05) is 49.0 Å². The minimum absolute atomic E-state index is 0.0200. The van der Waals surface area contributed by atoms with E-state index < -0.39 is 10.1 Å². The topological polar surface area (TPSA) is 57.2 Å². The van der Waals surface area contributed by atoms with Gasteiger partial charge in [-0.3, -0.25) is 0 Å². The van der Waals surface area contributed by atoms with Crippen molar-refractivity contribution in [2.75, 3.05) is 5.75 Å². The van der Waals surface area contributed by atoms with Gasteiger partial charge >= 0.3 is 0 Å². The van der Waals surface area contributed by atoms with Crippen molar-refractivity contribution < 1.29 is 13.0 Å². The van der Waals surface area contributed by atoms with Gasteiger partial charge in [0.05, 0.1) is 10.1 Å². The molecule has 1 aromatic rings. The Morgan fingerprint density at radius 2 is 1.95 bits per heavy atom. The molecule has 0 aliphatic heterocycles. The highest BCUT2D eigenvalue weighted by Crippen LogP contribution is 2.33. The van der Waals surface area contributed by atoms with Crippen LogP contribution in [0, 0.1) is 0 Å². The second kappa shape index (κ2) is 7.48. The quantitative estimate of drug-likeness (QED) is 0.706. The van der Waals surface area contributed by atoms with Crippen LogP contribution in [0.1, 0.15) is 44.1 Å². The first-order valence-electron chi connectivity index (χ1n) is 6.22. The summed E-state index contributed by atoms with van der Waals surface area (Å²) in [7, 11) is -4.19. The zero-order chi connectivity index (χ0) is 14.5. The zero-order valence-corrected chi connectivity index (χ0v) is 13.1. The molecule has 1 atom stereocenters. The van der Waals surface area contributed by atoms with Crippen LogP contribution in [-0.4, -0.2) is 18.7 Å². The van der Waals surface area contributed by atoms with Crippen molar-refractivity contribution in [1.29, 1.82) is 0 Å². The van der Waals surface area contributed by atoms with E-state index in [1.807, 2.05) is 6.07 Å². The van der Waals surface area contributed by atoms with Crippen LogP contribution in [0.3, 0.4) is 0 Å². The number of hydrogen-bond acceptors (Lipinski definition) is 3. The molecule has 1 aromatic carbocycles. The SMILES string of the molecule is CCCCC(CCS(=O)(=O)[O-])c1ccc(Cl)cc1Cl. The van der Waals surface area contributed by atoms with Crippen molar-refractivity contribution in [3.8, 4) is 0 Å². The van der Waals surface area contributed by atoms with Gasteiger partial charge in [0.1, 0.15) is 0 Å². The van der Waals surface area contributed by atoms with E-state index in [1.54, 1.807) is 12.1 Å². The summed E-state index contributed by atoms with van der Waals surface area (Å²) in [6.07, 6.45) is 3.08. The van der Waals surface area contributed by atoms with Gasteiger partial charge in [0.15, 0.2) is 0 Å². The molecular formula is C13H17Cl2O3S-. The van der Waals surface area contributed by atoms with Crippen LogP contribution in [0.25, 0.3) is 0 Å². The molecule has 1 rings (SSSR count). The van der Waals surface area contributed by atoms with Gasteiger partial charge in [-0.05, 0) is 36.5 Å². The summed E-state index contributed by atoms with van der Waals surface area (Å²) in [6, 6.07) is 5.18. The highest BCUT2D eigenvalue weighted by molar-refractivity contribution is 7.85. The van der Waals surface area contributed by atoms with Crippen LogP contribution in [0.2, 0.25) is 10.0 Å². The average molecular weight is 324 g/mol. The minimum Gasteiger partial charge on any atom is -0.748 e. The number of rotatable bonds is 7. The van der Waals surface area contributed by atoms with E-state index in [1.165, 1.54) is 0 Å². The van der Waals surface area contributed by atoms with Crippen molar-refractivity contribution in [2.24, 2.45) is 0 Å². The number of hydrogen-bond donors (Lipinski definition) is 0. The molecule has 0 aromatic heterocycles. The molecule has 0 radical (unpaired) electrons. The molecule has 0 bridgehead atoms. The summed E-state index contributed by atoms with van der Waals surface area (Å²) >= 11 is 12.0. The smallest absolute Gasteiger partial charge is 0.0946 e. The van der Waals surface area contributed by atoms with Crippen molar-refractivity contribution >= 4 is 33.3 Å². The standard InChI is InChI=1S/C13H18Cl2O3S/c1-2-3-4-10(7-8-19(16,17)18)12-6-5-11(14)9-13(12)15/h5-6,9-10H,2-4,7-8H2,1H3,(H,16,17,18)/p-1. The summed E-state index contributed by atoms with van der Waals surface area (Å²) in [4.78, 5) is 0. The lowest BCUT2D eigenvalue weighted by Crippen LogP contribution is -2.10. The van der Waals surface area contributed by atoms with Crippen molar-refractivity contribution in [2.45, 2.75) is 38.5 Å². The Morgan fingerprint density at radius 1 is 1.26 bits per heavy atom. The Balaban J connectivity index is 2.88. The molecule has 0 aliphatic rings. The Morgan fingerprint density at radius 3 is 2.47 bits per heavy atom. The second-order valence-corrected chi connectivity index (χ2v) is 6.92. The molecule has 0 spiro atoms. The van der Waals surface area contributed by atoms with E-state index in [2.05, 4.69) is 6.92 Å². The molecule has 19 heavy (non-hydrogen) atoms. The molecule has 6 heteroatoms. The lowest BCUT2D eigenvalue weighted by atomic mass is 9.91. The molecule has 108 valence electrons. The lowest BCUT2D eigenvalue weighted by molar-refractivity contribution is 0.455. The van der Waals surface area contributed by atoms with E-state index in [0.29, 0.717) is 16.5 Å². The maximum atomic E-state index is 10.8. The normalized spacial score (nSPS) is 13.5. The molecule has 0 saturated heterocycles. The van der Waals surface area contributed by atoms with Crippen molar-refractivity contribution in [3.05, 3.63) is 33.8 Å². The first-order valence-corrected chi connectivity index (χ1v) is 8.55.